The fraction of sp³-hybridized carbons (Fsp3) is 0.574. The molecule has 8 aliphatic rings. The minimum Gasteiger partial charge on any atom is -0.396 e. The molecule has 14 heterocycles. The third-order valence-electron chi connectivity index (χ3n) is 19.6. The van der Waals surface area contributed by atoms with Gasteiger partial charge in [-0.15, -0.1) is 11.3 Å². The summed E-state index contributed by atoms with van der Waals surface area (Å²) in [5.74, 6) is 0.926. The van der Waals surface area contributed by atoms with Crippen molar-refractivity contribution >= 4 is 74.1 Å². The quantitative estimate of drug-likeness (QED) is 0.107. The van der Waals surface area contributed by atoms with Gasteiger partial charge in [0.05, 0.1) is 105 Å². The second-order valence-electron chi connectivity index (χ2n) is 26.4. The number of carbonyl (C=O) groups excluding carboxylic acids is 1. The van der Waals surface area contributed by atoms with Crippen LogP contribution < -0.4 is 53.2 Å². The number of hydrogen-bond donors (Lipinski definition) is 5. The first kappa shape index (κ1) is 66.6. The number of morpholine rings is 1. The zero-order valence-corrected chi connectivity index (χ0v) is 56.1. The first-order chi connectivity index (χ1) is 44.0. The number of piperidine rings is 4. The highest BCUT2D eigenvalue weighted by atomic mass is 32.1. The monoisotopic (exact) mass is 1260 g/mol. The van der Waals surface area contributed by atoms with Crippen LogP contribution in [0.1, 0.15) is 103 Å². The zero-order chi connectivity index (χ0) is 64.2. The highest BCUT2D eigenvalue weighted by molar-refractivity contribution is 7.09. The molecule has 91 heavy (non-hydrogen) atoms. The van der Waals surface area contributed by atoms with Crippen molar-refractivity contribution in [3.8, 4) is 0 Å². The van der Waals surface area contributed by atoms with E-state index in [4.69, 9.17) is 33.4 Å². The van der Waals surface area contributed by atoms with Crippen LogP contribution in [-0.2, 0) is 9.53 Å². The summed E-state index contributed by atoms with van der Waals surface area (Å²) >= 11 is 1.77. The van der Waals surface area contributed by atoms with E-state index in [1.54, 1.807) is 42.3 Å². The number of aryl methyl sites for hydroxylation is 5. The Morgan fingerprint density at radius 1 is 0.473 bits per heavy atom. The van der Waals surface area contributed by atoms with E-state index in [1.807, 2.05) is 49.0 Å². The number of likely N-dealkylation sites (N-methyl/N-ethyl adjacent to an activating group) is 2. The summed E-state index contributed by atoms with van der Waals surface area (Å²) in [5, 5.41) is 3.34. The predicted molar refractivity (Wildman–Crippen MR) is 374 cm³/mol. The minimum atomic E-state index is 0.0548. The molecule has 6 aromatic rings. The maximum atomic E-state index is 11.9. The number of hydrogen-bond acceptors (Lipinski definition) is 22. The molecule has 8 aliphatic heterocycles. The summed E-state index contributed by atoms with van der Waals surface area (Å²) in [5.41, 5.74) is 45.8. The van der Waals surface area contributed by atoms with Gasteiger partial charge in [0.1, 0.15) is 0 Å². The lowest BCUT2D eigenvalue weighted by molar-refractivity contribution is -0.136. The predicted octanol–water partition coefficient (Wildman–Crippen LogP) is 7.63. The van der Waals surface area contributed by atoms with Gasteiger partial charge in [0, 0.05) is 178 Å². The Morgan fingerprint density at radius 3 is 1.42 bits per heavy atom. The SMILES string of the molecule is Cc1cncc(N)c1N1CCC(c2nccs2)CC1.Cc1cncc(N)c1N1CCC2(CC1)CN(C)CCO2.Cc1cncc(N)c1N1CCCCC1.Cc1cncc(N)c1N1CCN2C(=O)CCCC2C1.Cc1cncc(N)c1N1CCN2CCN(C)CC2C1. The third-order valence-corrected chi connectivity index (χ3v) is 20.6. The van der Waals surface area contributed by atoms with Gasteiger partial charge in [0.2, 0.25) is 5.91 Å². The van der Waals surface area contributed by atoms with E-state index >= 15 is 0 Å². The van der Waals surface area contributed by atoms with Crippen LogP contribution in [0.2, 0.25) is 0 Å². The van der Waals surface area contributed by atoms with Crippen LogP contribution in [-0.4, -0.2) is 205 Å². The van der Waals surface area contributed by atoms with E-state index in [2.05, 4.69) is 116 Å². The average molecular weight is 1260 g/mol. The molecule has 0 aromatic carbocycles. The molecule has 22 nitrogen and oxygen atoms in total. The van der Waals surface area contributed by atoms with Gasteiger partial charge in [-0.25, -0.2) is 4.98 Å². The molecule has 6 aromatic heterocycles. The Labute approximate surface area is 544 Å². The topological polar surface area (TPSA) is 263 Å². The number of amides is 1. The van der Waals surface area contributed by atoms with E-state index < -0.39 is 0 Å². The van der Waals surface area contributed by atoms with Crippen LogP contribution in [0.25, 0.3) is 0 Å². The number of nitrogen functional groups attached to an aromatic ring is 5. The van der Waals surface area contributed by atoms with Gasteiger partial charge in [-0.3, -0.25) is 34.6 Å². The molecule has 0 aliphatic carbocycles. The summed E-state index contributed by atoms with van der Waals surface area (Å²) in [7, 11) is 4.39. The number of rotatable bonds is 6. The van der Waals surface area contributed by atoms with E-state index in [0.29, 0.717) is 30.3 Å². The molecule has 8 fully saturated rings. The van der Waals surface area contributed by atoms with Crippen LogP contribution in [0.15, 0.2) is 73.5 Å². The number of nitrogens with two attached hydrogens (primary N) is 5. The maximum absolute atomic E-state index is 11.9. The Balaban J connectivity index is 0.000000125. The van der Waals surface area contributed by atoms with Crippen LogP contribution in [0, 0.1) is 34.6 Å². The van der Waals surface area contributed by atoms with Gasteiger partial charge in [0.25, 0.3) is 0 Å². The maximum Gasteiger partial charge on any atom is 0.222 e. The number of thiazole rings is 1. The lowest BCUT2D eigenvalue weighted by atomic mass is 9.89. The first-order valence-electron chi connectivity index (χ1n) is 33.1. The minimum absolute atomic E-state index is 0.0548. The van der Waals surface area contributed by atoms with Crippen molar-refractivity contribution in [1.82, 2.24) is 49.5 Å². The summed E-state index contributed by atoms with van der Waals surface area (Å²) in [6, 6.07) is 0.974. The molecule has 0 radical (unpaired) electrons. The fourth-order valence-corrected chi connectivity index (χ4v) is 15.8. The van der Waals surface area contributed by atoms with Crippen molar-refractivity contribution in [3.63, 3.8) is 0 Å². The summed E-state index contributed by atoms with van der Waals surface area (Å²) in [6.45, 7) is 29.0. The van der Waals surface area contributed by atoms with Crippen LogP contribution >= 0.6 is 11.3 Å². The smallest absolute Gasteiger partial charge is 0.222 e. The molecule has 1 amide bonds. The second-order valence-corrected chi connectivity index (χ2v) is 27.3. The highest BCUT2D eigenvalue weighted by Gasteiger charge is 2.40. The molecule has 2 unspecified atom stereocenters. The Morgan fingerprint density at radius 2 is 0.934 bits per heavy atom. The van der Waals surface area contributed by atoms with Crippen molar-refractivity contribution in [2.45, 2.75) is 122 Å². The highest BCUT2D eigenvalue weighted by Crippen LogP contribution is 2.38. The van der Waals surface area contributed by atoms with Gasteiger partial charge < -0.3 is 72.6 Å². The van der Waals surface area contributed by atoms with Crippen LogP contribution in [0.5, 0.6) is 0 Å². The number of fused-ring (bicyclic) bond motifs is 2. The number of ether oxygens (including phenoxy) is 1. The summed E-state index contributed by atoms with van der Waals surface area (Å²) < 4.78 is 6.11. The number of anilines is 10. The number of nitrogens with zero attached hydrogens (tertiary/aromatic N) is 15. The molecule has 0 saturated carbocycles. The lowest BCUT2D eigenvalue weighted by Crippen LogP contribution is -2.61. The van der Waals surface area contributed by atoms with Gasteiger partial charge in [-0.05, 0) is 134 Å². The number of carbonyl (C=O) groups is 1. The van der Waals surface area contributed by atoms with Crippen molar-refractivity contribution in [2.24, 2.45) is 0 Å². The standard InChI is InChI=1S/C15H24N4O.C14H23N5.C14H20N4O.C14H18N4S.C11H17N3/c1-12-9-17-10-13(16)14(12)19-5-3-15(4-6-19)11-18(2)7-8-20-15;1-11-7-16-8-13(15)14(11)19-6-5-18-4-3-17(2)9-12(18)10-19;1-10-7-16-8-12(15)14(10)17-5-6-18-11(9-17)3-2-4-13(18)19;1-10-8-16-9-12(15)13(10)18-5-2-11(3-6-18)14-17-4-7-19-14;1-9-7-13-8-10(12)11(9)14-5-3-2-4-6-14/h9-10H,3-8,11,16H2,1-2H3;7-8,12H,3-6,9-10,15H2,1-2H3;7-8,11H,2-6,9,15H2,1H3;4,7-9,11H,2-3,5-6,15H2,1H3;7-8H,2-6,12H2,1H3. The Kier molecular flexibility index (Phi) is 22.6. The number of aromatic nitrogens is 6. The van der Waals surface area contributed by atoms with E-state index in [9.17, 15) is 4.79 Å². The molecular formula is C68H102N20O2S. The van der Waals surface area contributed by atoms with E-state index in [1.165, 1.54) is 59.9 Å². The van der Waals surface area contributed by atoms with Gasteiger partial charge >= 0.3 is 0 Å². The first-order valence-corrected chi connectivity index (χ1v) is 34.0. The van der Waals surface area contributed by atoms with Crippen molar-refractivity contribution in [2.75, 3.05) is 185 Å². The zero-order valence-electron chi connectivity index (χ0n) is 55.3. The third kappa shape index (κ3) is 16.5. The average Bonchev–Trinajstić information content (AvgIpc) is 1.52. The van der Waals surface area contributed by atoms with Crippen LogP contribution in [0.3, 0.4) is 0 Å². The van der Waals surface area contributed by atoms with E-state index in [0.717, 1.165) is 205 Å². The normalized spacial score (nSPS) is 21.4. The second kappa shape index (κ2) is 30.9. The van der Waals surface area contributed by atoms with Gasteiger partial charge in [0.15, 0.2) is 0 Å². The molecule has 1 spiro atoms. The fourth-order valence-electron chi connectivity index (χ4n) is 15.0. The van der Waals surface area contributed by atoms with Crippen molar-refractivity contribution in [3.05, 3.63) is 106 Å². The molecule has 492 valence electrons. The number of piperazine rings is 3. The van der Waals surface area contributed by atoms with E-state index in [-0.39, 0.29) is 5.60 Å². The summed E-state index contributed by atoms with van der Waals surface area (Å²) in [6.07, 6.45) is 31.2. The molecule has 0 bridgehead atoms. The number of pyridine rings is 5. The molecule has 23 heteroatoms. The molecule has 2 atom stereocenters. The van der Waals surface area contributed by atoms with Gasteiger partial charge in [-0.1, -0.05) is 0 Å². The van der Waals surface area contributed by atoms with Gasteiger partial charge in [-0.2, -0.15) is 0 Å². The largest absolute Gasteiger partial charge is 0.396 e. The lowest BCUT2D eigenvalue weighted by Gasteiger charge is -2.47. The van der Waals surface area contributed by atoms with Crippen molar-refractivity contribution < 1.29 is 9.53 Å². The molecule has 8 saturated heterocycles. The molecule has 10 N–H and O–H groups in total. The van der Waals surface area contributed by atoms with Crippen molar-refractivity contribution in [1.29, 1.82) is 0 Å². The van der Waals surface area contributed by atoms with Crippen LogP contribution in [0.4, 0.5) is 56.9 Å². The molecule has 14 rings (SSSR count). The Bertz CT molecular complexity index is 3210. The Hall–Kier alpha value is -7.31. The molecular weight excluding hydrogens is 1160 g/mol. The summed E-state index contributed by atoms with van der Waals surface area (Å²) in [4.78, 5) is 58.3.